The van der Waals surface area contributed by atoms with Gasteiger partial charge in [-0.15, -0.1) is 11.3 Å². The van der Waals surface area contributed by atoms with Crippen molar-refractivity contribution in [2.75, 3.05) is 31.2 Å². The third-order valence-corrected chi connectivity index (χ3v) is 8.09. The molecule has 3 heterocycles. The van der Waals surface area contributed by atoms with Gasteiger partial charge < -0.3 is 9.72 Å². The number of hydrogen-bond donors (Lipinski definition) is 1. The molecule has 0 bridgehead atoms. The molecule has 1 aliphatic heterocycles. The number of hydrogen-bond acceptors (Lipinski definition) is 7. The zero-order chi connectivity index (χ0) is 19.6. The number of rotatable bonds is 6. The molecule has 146 valence electrons. The summed E-state index contributed by atoms with van der Waals surface area (Å²) in [5, 5.41) is 1.55. The molecule has 0 saturated carbocycles. The largest absolute Gasteiger partial charge is 0.453 e. The second-order valence-corrected chi connectivity index (χ2v) is 10.2. The van der Waals surface area contributed by atoms with Crippen molar-refractivity contribution in [1.29, 1.82) is 0 Å². The number of H-pyrrole nitrogens is 1. The lowest BCUT2D eigenvalue weighted by molar-refractivity contribution is 0.0476. The van der Waals surface area contributed by atoms with Crippen molar-refractivity contribution in [3.63, 3.8) is 0 Å². The zero-order valence-corrected chi connectivity index (χ0v) is 17.4. The van der Waals surface area contributed by atoms with E-state index in [0.29, 0.717) is 24.3 Å². The summed E-state index contributed by atoms with van der Waals surface area (Å²) in [6.07, 6.45) is 0. The van der Waals surface area contributed by atoms with Crippen LogP contribution in [0, 0.1) is 13.8 Å². The second kappa shape index (κ2) is 8.17. The van der Waals surface area contributed by atoms with Crippen LogP contribution in [-0.2, 0) is 14.8 Å². The van der Waals surface area contributed by atoms with Crippen LogP contribution in [0.2, 0.25) is 0 Å². The number of nitrogens with zero attached hydrogens (tertiary/aromatic N) is 1. The average molecular weight is 429 g/mol. The lowest BCUT2D eigenvalue weighted by atomic mass is 10.2. The van der Waals surface area contributed by atoms with Crippen molar-refractivity contribution in [2.45, 2.75) is 18.7 Å². The molecule has 2 aromatic heterocycles. The molecule has 0 spiro atoms. The summed E-state index contributed by atoms with van der Waals surface area (Å²) in [5.74, 6) is 0.326. The molecule has 0 atom stereocenters. The minimum Gasteiger partial charge on any atom is -0.453 e. The van der Waals surface area contributed by atoms with Gasteiger partial charge in [-0.2, -0.15) is 16.1 Å². The highest BCUT2D eigenvalue weighted by Gasteiger charge is 2.32. The van der Waals surface area contributed by atoms with Crippen LogP contribution in [0.3, 0.4) is 0 Å². The number of sulfonamides is 1. The molecular weight excluding hydrogens is 408 g/mol. The van der Waals surface area contributed by atoms with Gasteiger partial charge in [0, 0.05) is 41.5 Å². The number of ketones is 1. The number of carbonyl (C=O) groups excluding carboxylic acids is 2. The molecule has 0 aromatic carbocycles. The van der Waals surface area contributed by atoms with Crippen molar-refractivity contribution in [1.82, 2.24) is 9.29 Å². The third-order valence-electron chi connectivity index (χ3n) is 4.19. The highest BCUT2D eigenvalue weighted by Crippen LogP contribution is 2.27. The Kier molecular flexibility index (Phi) is 6.09. The van der Waals surface area contributed by atoms with Gasteiger partial charge in [-0.3, -0.25) is 4.79 Å². The lowest BCUT2D eigenvalue weighted by Crippen LogP contribution is -2.38. The van der Waals surface area contributed by atoms with Crippen molar-refractivity contribution >= 4 is 44.9 Å². The summed E-state index contributed by atoms with van der Waals surface area (Å²) in [6, 6.07) is 3.11. The van der Waals surface area contributed by atoms with E-state index in [0.717, 1.165) is 28.5 Å². The van der Waals surface area contributed by atoms with Gasteiger partial charge in [0.25, 0.3) is 0 Å². The van der Waals surface area contributed by atoms with Gasteiger partial charge in [-0.25, -0.2) is 13.2 Å². The van der Waals surface area contributed by atoms with E-state index in [1.54, 1.807) is 30.1 Å². The number of carbonyl (C=O) groups is 2. The van der Waals surface area contributed by atoms with Gasteiger partial charge >= 0.3 is 5.97 Å². The predicted molar refractivity (Wildman–Crippen MR) is 105 cm³/mol. The monoisotopic (exact) mass is 428 g/mol. The number of nitrogens with one attached hydrogen (secondary N) is 1. The number of esters is 1. The molecule has 1 fully saturated rings. The normalized spacial score (nSPS) is 15.6. The number of thioether (sulfide) groups is 1. The molecule has 1 saturated heterocycles. The predicted octanol–water partition coefficient (Wildman–Crippen LogP) is 2.47. The number of aromatic nitrogens is 1. The van der Waals surface area contributed by atoms with E-state index in [1.165, 1.54) is 10.4 Å². The van der Waals surface area contributed by atoms with Crippen LogP contribution >= 0.6 is 23.1 Å². The van der Waals surface area contributed by atoms with Crippen molar-refractivity contribution in [3.8, 4) is 0 Å². The Labute approximate surface area is 166 Å². The number of ether oxygens (including phenoxy) is 1. The average Bonchev–Trinajstić information content (AvgIpc) is 3.27. The van der Waals surface area contributed by atoms with E-state index in [-0.39, 0.29) is 15.6 Å². The topological polar surface area (TPSA) is 96.5 Å². The Morgan fingerprint density at radius 2 is 1.96 bits per heavy atom. The van der Waals surface area contributed by atoms with Gasteiger partial charge in [0.15, 0.2) is 6.61 Å². The molecule has 27 heavy (non-hydrogen) atoms. The van der Waals surface area contributed by atoms with E-state index in [2.05, 4.69) is 4.98 Å². The number of thiophene rings is 1. The first kappa shape index (κ1) is 20.1. The summed E-state index contributed by atoms with van der Waals surface area (Å²) in [4.78, 5) is 27.7. The SMILES string of the molecule is Cc1cc(C(=O)COC(=O)c2sccc2S(=O)(=O)N2CCSCC2)c(C)[nH]1. The van der Waals surface area contributed by atoms with Gasteiger partial charge in [0.2, 0.25) is 15.8 Å². The molecule has 0 radical (unpaired) electrons. The van der Waals surface area contributed by atoms with Crippen LogP contribution in [0.4, 0.5) is 0 Å². The maximum absolute atomic E-state index is 12.8. The first-order valence-electron chi connectivity index (χ1n) is 8.32. The Bertz CT molecular complexity index is 955. The first-order valence-corrected chi connectivity index (χ1v) is 11.8. The highest BCUT2D eigenvalue weighted by atomic mass is 32.2. The van der Waals surface area contributed by atoms with Crippen LogP contribution < -0.4 is 0 Å². The summed E-state index contributed by atoms with van der Waals surface area (Å²) >= 11 is 2.70. The summed E-state index contributed by atoms with van der Waals surface area (Å²) < 4.78 is 32.1. The van der Waals surface area contributed by atoms with Crippen LogP contribution in [-0.4, -0.2) is 60.7 Å². The van der Waals surface area contributed by atoms with Gasteiger partial charge in [0.05, 0.1) is 0 Å². The Balaban J connectivity index is 1.72. The Hall–Kier alpha value is -1.62. The Morgan fingerprint density at radius 1 is 1.26 bits per heavy atom. The molecular formula is C17H20N2O5S3. The summed E-state index contributed by atoms with van der Waals surface area (Å²) in [5.41, 5.74) is 2.01. The zero-order valence-electron chi connectivity index (χ0n) is 15.0. The van der Waals surface area contributed by atoms with Crippen LogP contribution in [0.25, 0.3) is 0 Å². The van der Waals surface area contributed by atoms with Gasteiger partial charge in [-0.1, -0.05) is 0 Å². The summed E-state index contributed by atoms with van der Waals surface area (Å²) in [6.45, 7) is 4.00. The molecule has 0 amide bonds. The molecule has 10 heteroatoms. The van der Waals surface area contributed by atoms with E-state index in [4.69, 9.17) is 4.74 Å². The molecule has 1 N–H and O–H groups in total. The maximum atomic E-state index is 12.8. The first-order chi connectivity index (χ1) is 12.8. The fourth-order valence-corrected chi connectivity index (χ4v) is 6.72. The minimum absolute atomic E-state index is 0.00278. The summed E-state index contributed by atoms with van der Waals surface area (Å²) in [7, 11) is -3.75. The van der Waals surface area contributed by atoms with Gasteiger partial charge in [-0.05, 0) is 31.4 Å². The quantitative estimate of drug-likeness (QED) is 0.561. The van der Waals surface area contributed by atoms with Gasteiger partial charge in [0.1, 0.15) is 9.77 Å². The molecule has 0 unspecified atom stereocenters. The second-order valence-electron chi connectivity index (χ2n) is 6.12. The maximum Gasteiger partial charge on any atom is 0.350 e. The van der Waals surface area contributed by atoms with Crippen molar-refractivity contribution < 1.29 is 22.7 Å². The van der Waals surface area contributed by atoms with E-state index < -0.39 is 22.6 Å². The number of Topliss-reactive ketones (excluding diaryl/α,β-unsaturated/α-hetero) is 1. The number of aromatic amines is 1. The highest BCUT2D eigenvalue weighted by molar-refractivity contribution is 7.99. The standard InChI is InChI=1S/C17H20N2O5S3/c1-11-9-13(12(2)18-11)14(20)10-24-17(21)16-15(3-6-26-16)27(22,23)19-4-7-25-8-5-19/h3,6,9,18H,4-5,7-8,10H2,1-2H3. The molecule has 3 rings (SSSR count). The van der Waals surface area contributed by atoms with E-state index in [1.807, 2.05) is 6.92 Å². The lowest BCUT2D eigenvalue weighted by Gasteiger charge is -2.25. The van der Waals surface area contributed by atoms with Crippen LogP contribution in [0.1, 0.15) is 31.4 Å². The minimum atomic E-state index is -3.75. The van der Waals surface area contributed by atoms with E-state index >= 15 is 0 Å². The smallest absolute Gasteiger partial charge is 0.350 e. The molecule has 0 aliphatic carbocycles. The van der Waals surface area contributed by atoms with Crippen LogP contribution in [0.5, 0.6) is 0 Å². The third kappa shape index (κ3) is 4.29. The van der Waals surface area contributed by atoms with E-state index in [9.17, 15) is 18.0 Å². The molecule has 1 aliphatic rings. The van der Waals surface area contributed by atoms with Crippen molar-refractivity contribution in [2.24, 2.45) is 0 Å². The fraction of sp³-hybridized carbons (Fsp3) is 0.412. The molecule has 7 nitrogen and oxygen atoms in total. The van der Waals surface area contributed by atoms with Crippen molar-refractivity contribution in [3.05, 3.63) is 39.3 Å². The van der Waals surface area contributed by atoms with Crippen LogP contribution in [0.15, 0.2) is 22.4 Å². The fourth-order valence-electron chi connectivity index (χ4n) is 2.86. The number of aryl methyl sites for hydroxylation is 2. The Morgan fingerprint density at radius 3 is 2.59 bits per heavy atom. The molecule has 2 aromatic rings.